The molecule has 22 heavy (non-hydrogen) atoms. The molecule has 0 spiro atoms. The number of benzene rings is 2. The Morgan fingerprint density at radius 2 is 0.727 bits per heavy atom. The van der Waals surface area contributed by atoms with E-state index in [2.05, 4.69) is 76.2 Å². The van der Waals surface area contributed by atoms with E-state index in [-0.39, 0.29) is 0 Å². The zero-order valence-electron chi connectivity index (χ0n) is 14.9. The summed E-state index contributed by atoms with van der Waals surface area (Å²) in [6.07, 6.45) is 7.20. The molecule has 0 heteroatoms. The van der Waals surface area contributed by atoms with Crippen molar-refractivity contribution in [2.45, 2.75) is 66.2 Å². The van der Waals surface area contributed by atoms with Gasteiger partial charge in [0.25, 0.3) is 0 Å². The number of hydrogen-bond acceptors (Lipinski definition) is 0. The maximum Gasteiger partial charge on any atom is -0.0281 e. The Kier molecular flexibility index (Phi) is 9.30. The standard InChI is InChI=1S/2C11H16/c2*1-3-5-11-8-6-10(4-2)7-9-11/h2*6-9H,3-5H2,1-2H3. The molecule has 0 atom stereocenters. The molecule has 0 aliphatic carbocycles. The minimum absolute atomic E-state index is 1.15. The fraction of sp³-hybridized carbons (Fsp3) is 0.455. The van der Waals surface area contributed by atoms with Crippen LogP contribution in [-0.2, 0) is 25.7 Å². The molecule has 0 aliphatic heterocycles. The molecule has 0 saturated carbocycles. The van der Waals surface area contributed by atoms with E-state index < -0.39 is 0 Å². The lowest BCUT2D eigenvalue weighted by Crippen LogP contribution is -1.84. The van der Waals surface area contributed by atoms with Gasteiger partial charge in [0.05, 0.1) is 0 Å². The maximum absolute atomic E-state index is 2.24. The van der Waals surface area contributed by atoms with Crippen LogP contribution in [0.5, 0.6) is 0 Å². The molecule has 0 aliphatic rings. The zero-order chi connectivity index (χ0) is 16.2. The highest BCUT2D eigenvalue weighted by Gasteiger charge is 1.91. The lowest BCUT2D eigenvalue weighted by molar-refractivity contribution is 0.920. The first kappa shape index (κ1) is 18.5. The van der Waals surface area contributed by atoms with Crippen molar-refractivity contribution < 1.29 is 0 Å². The van der Waals surface area contributed by atoms with E-state index in [1.165, 1.54) is 47.9 Å². The molecule has 120 valence electrons. The summed E-state index contributed by atoms with van der Waals surface area (Å²) in [6.45, 7) is 8.81. The van der Waals surface area contributed by atoms with Crippen molar-refractivity contribution in [1.82, 2.24) is 0 Å². The van der Waals surface area contributed by atoms with E-state index in [0.717, 1.165) is 12.8 Å². The minimum atomic E-state index is 1.15. The van der Waals surface area contributed by atoms with Crippen molar-refractivity contribution in [3.8, 4) is 0 Å². The van der Waals surface area contributed by atoms with E-state index in [1.54, 1.807) is 0 Å². The highest BCUT2D eigenvalue weighted by Crippen LogP contribution is 2.07. The highest BCUT2D eigenvalue weighted by atomic mass is 14.0. The molecule has 0 unspecified atom stereocenters. The summed E-state index contributed by atoms with van der Waals surface area (Å²) in [7, 11) is 0. The zero-order valence-corrected chi connectivity index (χ0v) is 14.9. The summed E-state index contributed by atoms with van der Waals surface area (Å²) in [4.78, 5) is 0. The van der Waals surface area contributed by atoms with Gasteiger partial charge in [-0.3, -0.25) is 0 Å². The molecule has 0 bridgehead atoms. The Morgan fingerprint density at radius 1 is 0.455 bits per heavy atom. The van der Waals surface area contributed by atoms with Crippen LogP contribution in [0.4, 0.5) is 0 Å². The third-order valence-electron chi connectivity index (χ3n) is 3.94. The third kappa shape index (κ3) is 6.93. The summed E-state index contributed by atoms with van der Waals surface area (Å²) in [6, 6.07) is 17.9. The van der Waals surface area contributed by atoms with Gasteiger partial charge in [0.15, 0.2) is 0 Å². The molecule has 2 rings (SSSR count). The number of rotatable bonds is 6. The van der Waals surface area contributed by atoms with E-state index in [9.17, 15) is 0 Å². The number of aryl methyl sites for hydroxylation is 4. The van der Waals surface area contributed by atoms with Gasteiger partial charge >= 0.3 is 0 Å². The van der Waals surface area contributed by atoms with Crippen LogP contribution >= 0.6 is 0 Å². The SMILES string of the molecule is CCCc1ccc(CC)cc1.CCCc1ccc(CC)cc1. The monoisotopic (exact) mass is 296 g/mol. The summed E-state index contributed by atoms with van der Waals surface area (Å²) in [5, 5.41) is 0. The van der Waals surface area contributed by atoms with Crippen LogP contribution in [0.2, 0.25) is 0 Å². The first-order chi connectivity index (χ1) is 10.7. The largest absolute Gasteiger partial charge is 0.0651 e. The molecule has 0 fully saturated rings. The average molecular weight is 296 g/mol. The minimum Gasteiger partial charge on any atom is -0.0651 e. The Balaban J connectivity index is 0.000000220. The molecule has 0 aromatic heterocycles. The summed E-state index contributed by atoms with van der Waals surface area (Å²) < 4.78 is 0. The van der Waals surface area contributed by atoms with Crippen LogP contribution < -0.4 is 0 Å². The Bertz CT molecular complexity index is 441. The van der Waals surface area contributed by atoms with Gasteiger partial charge in [-0.15, -0.1) is 0 Å². The second-order valence-electron chi connectivity index (χ2n) is 5.84. The second kappa shape index (κ2) is 11.1. The Morgan fingerprint density at radius 3 is 0.955 bits per heavy atom. The van der Waals surface area contributed by atoms with Crippen LogP contribution in [0.1, 0.15) is 62.8 Å². The van der Waals surface area contributed by atoms with Crippen molar-refractivity contribution in [2.24, 2.45) is 0 Å². The molecular weight excluding hydrogens is 264 g/mol. The van der Waals surface area contributed by atoms with Gasteiger partial charge < -0.3 is 0 Å². The van der Waals surface area contributed by atoms with E-state index in [4.69, 9.17) is 0 Å². The molecular formula is C22H32. The van der Waals surface area contributed by atoms with Gasteiger partial charge in [-0.25, -0.2) is 0 Å². The molecule has 0 radical (unpaired) electrons. The molecule has 0 heterocycles. The summed E-state index contributed by atoms with van der Waals surface area (Å²) >= 11 is 0. The van der Waals surface area contributed by atoms with E-state index in [1.807, 2.05) is 0 Å². The van der Waals surface area contributed by atoms with Gasteiger partial charge in [0, 0.05) is 0 Å². The summed E-state index contributed by atoms with van der Waals surface area (Å²) in [5.74, 6) is 0. The number of hydrogen-bond donors (Lipinski definition) is 0. The van der Waals surface area contributed by atoms with Crippen molar-refractivity contribution in [2.75, 3.05) is 0 Å². The van der Waals surface area contributed by atoms with Gasteiger partial charge in [-0.05, 0) is 47.9 Å². The fourth-order valence-electron chi connectivity index (χ4n) is 2.46. The van der Waals surface area contributed by atoms with Crippen molar-refractivity contribution in [1.29, 1.82) is 0 Å². The maximum atomic E-state index is 2.24. The van der Waals surface area contributed by atoms with Crippen LogP contribution in [0, 0.1) is 0 Å². The topological polar surface area (TPSA) is 0 Å². The predicted octanol–water partition coefficient (Wildman–Crippen LogP) is 6.40. The molecule has 2 aromatic rings. The van der Waals surface area contributed by atoms with Gasteiger partial charge in [-0.1, -0.05) is 89.1 Å². The Hall–Kier alpha value is -1.56. The van der Waals surface area contributed by atoms with Crippen LogP contribution in [0.15, 0.2) is 48.5 Å². The van der Waals surface area contributed by atoms with Crippen molar-refractivity contribution >= 4 is 0 Å². The van der Waals surface area contributed by atoms with E-state index in [0.29, 0.717) is 0 Å². The molecule has 2 aromatic carbocycles. The van der Waals surface area contributed by atoms with Crippen LogP contribution in [0.25, 0.3) is 0 Å². The normalized spacial score (nSPS) is 10.0. The third-order valence-corrected chi connectivity index (χ3v) is 3.94. The molecule has 0 N–H and O–H groups in total. The lowest BCUT2D eigenvalue weighted by atomic mass is 10.1. The fourth-order valence-corrected chi connectivity index (χ4v) is 2.46. The molecule has 0 nitrogen and oxygen atoms in total. The second-order valence-corrected chi connectivity index (χ2v) is 5.84. The summed E-state index contributed by atoms with van der Waals surface area (Å²) in [5.41, 5.74) is 5.80. The molecule has 0 amide bonds. The van der Waals surface area contributed by atoms with Crippen molar-refractivity contribution in [3.63, 3.8) is 0 Å². The highest BCUT2D eigenvalue weighted by molar-refractivity contribution is 5.23. The van der Waals surface area contributed by atoms with Crippen molar-refractivity contribution in [3.05, 3.63) is 70.8 Å². The van der Waals surface area contributed by atoms with Gasteiger partial charge in [0.2, 0.25) is 0 Å². The first-order valence-electron chi connectivity index (χ1n) is 8.89. The first-order valence-corrected chi connectivity index (χ1v) is 8.89. The smallest absolute Gasteiger partial charge is 0.0281 e. The average Bonchev–Trinajstić information content (AvgIpc) is 2.57. The van der Waals surface area contributed by atoms with Gasteiger partial charge in [0.1, 0.15) is 0 Å². The van der Waals surface area contributed by atoms with Gasteiger partial charge in [-0.2, -0.15) is 0 Å². The van der Waals surface area contributed by atoms with Crippen LogP contribution in [0.3, 0.4) is 0 Å². The Labute approximate surface area is 137 Å². The van der Waals surface area contributed by atoms with Crippen LogP contribution in [-0.4, -0.2) is 0 Å². The van der Waals surface area contributed by atoms with E-state index >= 15 is 0 Å². The predicted molar refractivity (Wildman–Crippen MR) is 99.6 cm³/mol. The lowest BCUT2D eigenvalue weighted by Gasteiger charge is -1.99. The quantitative estimate of drug-likeness (QED) is 0.578. The molecule has 0 saturated heterocycles.